The van der Waals surface area contributed by atoms with Gasteiger partial charge in [-0.15, -0.1) is 11.3 Å². The molecular weight excluding hydrogens is 306 g/mol. The summed E-state index contributed by atoms with van der Waals surface area (Å²) >= 11 is 1.79. The summed E-state index contributed by atoms with van der Waals surface area (Å²) in [4.78, 5) is 5.63. The molecule has 4 nitrogen and oxygen atoms in total. The number of guanidine groups is 1. The van der Waals surface area contributed by atoms with Crippen LogP contribution in [0.3, 0.4) is 0 Å². The fourth-order valence-corrected chi connectivity index (χ4v) is 3.15. The van der Waals surface area contributed by atoms with Crippen LogP contribution in [-0.2, 0) is 12.8 Å². The maximum absolute atomic E-state index is 5.81. The lowest BCUT2D eigenvalue weighted by Gasteiger charge is -2.10. The first kappa shape index (κ1) is 15.6. The Bertz CT molecular complexity index is 729. The highest BCUT2D eigenvalue weighted by Gasteiger charge is 2.03. The molecule has 2 N–H and O–H groups in total. The average molecular weight is 327 g/mol. The van der Waals surface area contributed by atoms with E-state index in [0.717, 1.165) is 48.6 Å². The van der Waals surface area contributed by atoms with Gasteiger partial charge in [-0.3, -0.25) is 4.99 Å². The Morgan fingerprint density at radius 2 is 1.91 bits per heavy atom. The van der Waals surface area contributed by atoms with Crippen molar-refractivity contribution in [2.45, 2.75) is 12.8 Å². The number of thiophene rings is 1. The summed E-state index contributed by atoms with van der Waals surface area (Å²) in [6, 6.07) is 14.4. The standard InChI is InChI=1S/C18H21N3OS/c1-19-18(21-11-9-16-6-4-12-23-16)20-10-8-15-13-14-5-2-3-7-17(14)22-15/h2-7,12-13H,8-11H2,1H3,(H2,19,20,21). The zero-order valence-corrected chi connectivity index (χ0v) is 14.0. The molecule has 2 heterocycles. The summed E-state index contributed by atoms with van der Waals surface area (Å²) < 4.78 is 5.81. The Kier molecular flexibility index (Phi) is 5.32. The number of para-hydroxylation sites is 1. The Morgan fingerprint density at radius 3 is 2.65 bits per heavy atom. The van der Waals surface area contributed by atoms with Gasteiger partial charge in [-0.05, 0) is 30.0 Å². The maximum Gasteiger partial charge on any atom is 0.191 e. The molecule has 0 aliphatic rings. The quantitative estimate of drug-likeness (QED) is 0.538. The Labute approximate surface area is 140 Å². The number of hydrogen-bond donors (Lipinski definition) is 2. The second-order valence-electron chi connectivity index (χ2n) is 5.26. The average Bonchev–Trinajstić information content (AvgIpc) is 3.22. The molecule has 0 aliphatic carbocycles. The van der Waals surface area contributed by atoms with Gasteiger partial charge in [0.1, 0.15) is 11.3 Å². The summed E-state index contributed by atoms with van der Waals surface area (Å²) in [7, 11) is 1.79. The molecule has 23 heavy (non-hydrogen) atoms. The van der Waals surface area contributed by atoms with Crippen LogP contribution in [0.4, 0.5) is 0 Å². The lowest BCUT2D eigenvalue weighted by Crippen LogP contribution is -2.39. The predicted molar refractivity (Wildman–Crippen MR) is 97.3 cm³/mol. The smallest absolute Gasteiger partial charge is 0.191 e. The van der Waals surface area contributed by atoms with E-state index in [2.05, 4.69) is 45.3 Å². The number of aliphatic imine (C=N–C) groups is 1. The van der Waals surface area contributed by atoms with Crippen molar-refractivity contribution in [3.05, 3.63) is 58.5 Å². The molecule has 0 unspecified atom stereocenters. The van der Waals surface area contributed by atoms with Crippen LogP contribution in [0.25, 0.3) is 11.0 Å². The zero-order chi connectivity index (χ0) is 15.9. The van der Waals surface area contributed by atoms with E-state index in [9.17, 15) is 0 Å². The van der Waals surface area contributed by atoms with Crippen LogP contribution in [-0.4, -0.2) is 26.1 Å². The van der Waals surface area contributed by atoms with Crippen molar-refractivity contribution >= 4 is 28.3 Å². The molecule has 0 spiro atoms. The van der Waals surface area contributed by atoms with Gasteiger partial charge in [0.05, 0.1) is 0 Å². The molecule has 0 bridgehead atoms. The number of furan rings is 1. The van der Waals surface area contributed by atoms with E-state index >= 15 is 0 Å². The first-order valence-corrected chi connectivity index (χ1v) is 8.67. The molecule has 0 saturated heterocycles. The van der Waals surface area contributed by atoms with E-state index in [1.165, 1.54) is 4.88 Å². The summed E-state index contributed by atoms with van der Waals surface area (Å²) in [6.45, 7) is 1.67. The van der Waals surface area contributed by atoms with Crippen LogP contribution in [0.5, 0.6) is 0 Å². The number of fused-ring (bicyclic) bond motifs is 1. The lowest BCUT2D eigenvalue weighted by atomic mass is 10.2. The Morgan fingerprint density at radius 1 is 1.09 bits per heavy atom. The van der Waals surface area contributed by atoms with Crippen LogP contribution in [0.2, 0.25) is 0 Å². The van der Waals surface area contributed by atoms with E-state index < -0.39 is 0 Å². The van der Waals surface area contributed by atoms with Crippen molar-refractivity contribution < 1.29 is 4.42 Å². The van der Waals surface area contributed by atoms with Crippen molar-refractivity contribution in [3.63, 3.8) is 0 Å². The minimum Gasteiger partial charge on any atom is -0.461 e. The third-order valence-corrected chi connectivity index (χ3v) is 4.54. The van der Waals surface area contributed by atoms with Gasteiger partial charge < -0.3 is 15.1 Å². The highest BCUT2D eigenvalue weighted by Crippen LogP contribution is 2.18. The number of nitrogens with one attached hydrogen (secondary N) is 2. The van der Waals surface area contributed by atoms with Crippen LogP contribution < -0.4 is 10.6 Å². The SMILES string of the molecule is CN=C(NCCc1cc2ccccc2o1)NCCc1cccs1. The van der Waals surface area contributed by atoms with Crippen LogP contribution in [0, 0.1) is 0 Å². The van der Waals surface area contributed by atoms with E-state index in [4.69, 9.17) is 4.42 Å². The second-order valence-corrected chi connectivity index (χ2v) is 6.29. The van der Waals surface area contributed by atoms with Crippen molar-refractivity contribution in [3.8, 4) is 0 Å². The molecule has 2 aromatic heterocycles. The van der Waals surface area contributed by atoms with Crippen LogP contribution in [0.15, 0.2) is 57.3 Å². The summed E-state index contributed by atoms with van der Waals surface area (Å²) in [5.41, 5.74) is 0.945. The van der Waals surface area contributed by atoms with Gasteiger partial charge in [0.15, 0.2) is 5.96 Å². The number of benzene rings is 1. The minimum atomic E-state index is 0.790. The van der Waals surface area contributed by atoms with Gasteiger partial charge in [0.2, 0.25) is 0 Å². The topological polar surface area (TPSA) is 49.6 Å². The van der Waals surface area contributed by atoms with Crippen molar-refractivity contribution in [1.29, 1.82) is 0 Å². The molecule has 3 rings (SSSR count). The molecule has 3 aromatic rings. The minimum absolute atomic E-state index is 0.790. The summed E-state index contributed by atoms with van der Waals surface area (Å²) in [6.07, 6.45) is 1.85. The van der Waals surface area contributed by atoms with Gasteiger partial charge in [0, 0.05) is 36.8 Å². The Hall–Kier alpha value is -2.27. The fraction of sp³-hybridized carbons (Fsp3) is 0.278. The zero-order valence-electron chi connectivity index (χ0n) is 13.2. The largest absolute Gasteiger partial charge is 0.461 e. The highest BCUT2D eigenvalue weighted by atomic mass is 32.1. The third kappa shape index (κ3) is 4.36. The summed E-state index contributed by atoms with van der Waals surface area (Å²) in [5, 5.41) is 9.92. The predicted octanol–water partition coefficient (Wildman–Crippen LogP) is 3.44. The van der Waals surface area contributed by atoms with Gasteiger partial charge >= 0.3 is 0 Å². The molecule has 0 fully saturated rings. The van der Waals surface area contributed by atoms with E-state index in [1.807, 2.05) is 18.2 Å². The maximum atomic E-state index is 5.81. The van der Waals surface area contributed by atoms with Crippen molar-refractivity contribution in [2.24, 2.45) is 4.99 Å². The summed E-state index contributed by atoms with van der Waals surface area (Å²) in [5.74, 6) is 1.82. The van der Waals surface area contributed by atoms with E-state index in [0.29, 0.717) is 0 Å². The van der Waals surface area contributed by atoms with Gasteiger partial charge in [0.25, 0.3) is 0 Å². The second kappa shape index (κ2) is 7.83. The molecular formula is C18H21N3OS. The third-order valence-electron chi connectivity index (χ3n) is 3.61. The highest BCUT2D eigenvalue weighted by molar-refractivity contribution is 7.09. The Balaban J connectivity index is 1.42. The van der Waals surface area contributed by atoms with E-state index in [-0.39, 0.29) is 0 Å². The van der Waals surface area contributed by atoms with E-state index in [1.54, 1.807) is 18.4 Å². The first-order chi connectivity index (χ1) is 11.3. The van der Waals surface area contributed by atoms with Crippen LogP contribution in [0.1, 0.15) is 10.6 Å². The van der Waals surface area contributed by atoms with Crippen molar-refractivity contribution in [1.82, 2.24) is 10.6 Å². The first-order valence-electron chi connectivity index (χ1n) is 7.79. The molecule has 0 atom stereocenters. The molecule has 0 saturated carbocycles. The monoisotopic (exact) mass is 327 g/mol. The molecule has 5 heteroatoms. The number of nitrogens with zero attached hydrogens (tertiary/aromatic N) is 1. The van der Waals surface area contributed by atoms with Crippen LogP contribution >= 0.6 is 11.3 Å². The lowest BCUT2D eigenvalue weighted by molar-refractivity contribution is 0.544. The van der Waals surface area contributed by atoms with Crippen molar-refractivity contribution in [2.75, 3.05) is 20.1 Å². The van der Waals surface area contributed by atoms with Gasteiger partial charge in [-0.25, -0.2) is 0 Å². The van der Waals surface area contributed by atoms with Gasteiger partial charge in [-0.2, -0.15) is 0 Å². The molecule has 0 radical (unpaired) electrons. The fourth-order valence-electron chi connectivity index (χ4n) is 2.44. The normalized spacial score (nSPS) is 11.8. The molecule has 1 aromatic carbocycles. The number of hydrogen-bond acceptors (Lipinski definition) is 3. The molecule has 0 amide bonds. The molecule has 120 valence electrons. The van der Waals surface area contributed by atoms with Gasteiger partial charge in [-0.1, -0.05) is 24.3 Å². The number of rotatable bonds is 6. The molecule has 0 aliphatic heterocycles.